The van der Waals surface area contributed by atoms with E-state index in [1.807, 2.05) is 0 Å². The maximum absolute atomic E-state index is 12.6. The monoisotopic (exact) mass is 343 g/mol. The number of hydrogen-bond donors (Lipinski definition) is 1. The van der Waals surface area contributed by atoms with Crippen LogP contribution in [0.15, 0.2) is 23.0 Å². The first-order valence-electron chi connectivity index (χ1n) is 8.62. The Morgan fingerprint density at radius 1 is 1.20 bits per heavy atom. The molecule has 0 radical (unpaired) electrons. The van der Waals surface area contributed by atoms with Gasteiger partial charge in [-0.3, -0.25) is 4.79 Å². The van der Waals surface area contributed by atoms with E-state index >= 15 is 0 Å². The Labute approximate surface area is 144 Å². The Morgan fingerprint density at radius 2 is 1.88 bits per heavy atom. The second-order valence-corrected chi connectivity index (χ2v) is 7.08. The summed E-state index contributed by atoms with van der Waals surface area (Å²) in [6, 6.07) is 5.70. The van der Waals surface area contributed by atoms with Gasteiger partial charge in [-0.25, -0.2) is 9.59 Å². The zero-order chi connectivity index (χ0) is 17.7. The summed E-state index contributed by atoms with van der Waals surface area (Å²) >= 11 is 0. The van der Waals surface area contributed by atoms with Gasteiger partial charge < -0.3 is 14.6 Å². The van der Waals surface area contributed by atoms with Crippen molar-refractivity contribution < 1.29 is 14.3 Å². The van der Waals surface area contributed by atoms with Crippen LogP contribution in [0, 0.1) is 0 Å². The number of carbonyl (C=O) groups excluding carboxylic acids is 2. The quantitative estimate of drug-likeness (QED) is 0.845. The first-order valence-corrected chi connectivity index (χ1v) is 8.62. The molecule has 3 heterocycles. The lowest BCUT2D eigenvalue weighted by molar-refractivity contribution is 0.0290. The summed E-state index contributed by atoms with van der Waals surface area (Å²) in [5.74, 6) is -0.123. The number of Topliss-reactive ketones (excluding diaryl/α,β-unsaturated/α-hetero) is 1. The van der Waals surface area contributed by atoms with E-state index < -0.39 is 11.8 Å². The molecule has 0 aliphatic carbocycles. The van der Waals surface area contributed by atoms with Gasteiger partial charge in [0.1, 0.15) is 6.10 Å². The standard InChI is InChI=1S/C18H21N3O4/c1-10(22)11-3-6-15-16(7-11)21(17(23)19-15)18(24)25-14-8-12-4-5-13(9-14)20(12)2/h3,6-7,12-14H,4-5,8-9H2,1-2H3,(H,19,23)/t12-,13+,14?. The molecule has 1 aromatic carbocycles. The molecule has 2 fully saturated rings. The molecule has 1 N–H and O–H groups in total. The maximum Gasteiger partial charge on any atom is 0.423 e. The number of benzene rings is 1. The fraction of sp³-hybridized carbons (Fsp3) is 0.500. The fourth-order valence-electron chi connectivity index (χ4n) is 4.16. The molecule has 3 atom stereocenters. The summed E-state index contributed by atoms with van der Waals surface area (Å²) in [6.45, 7) is 1.45. The summed E-state index contributed by atoms with van der Waals surface area (Å²) in [4.78, 5) is 41.4. The second kappa shape index (κ2) is 5.84. The zero-order valence-corrected chi connectivity index (χ0v) is 14.3. The van der Waals surface area contributed by atoms with Crippen LogP contribution >= 0.6 is 0 Å². The number of nitrogens with one attached hydrogen (secondary N) is 1. The second-order valence-electron chi connectivity index (χ2n) is 7.08. The van der Waals surface area contributed by atoms with E-state index in [1.165, 1.54) is 6.92 Å². The first kappa shape index (κ1) is 16.1. The number of piperidine rings is 1. The SMILES string of the molecule is CC(=O)c1ccc2[nH]c(=O)n(C(=O)OC3C[C@H]4CC[C@@H](C3)N4C)c2c1. The van der Waals surface area contributed by atoms with Gasteiger partial charge in [-0.1, -0.05) is 0 Å². The lowest BCUT2D eigenvalue weighted by Gasteiger charge is -2.35. The van der Waals surface area contributed by atoms with Gasteiger partial charge in [0.2, 0.25) is 0 Å². The number of ether oxygens (including phenoxy) is 1. The third kappa shape index (κ3) is 2.68. The maximum atomic E-state index is 12.6. The van der Waals surface area contributed by atoms with Crippen LogP contribution in [0.25, 0.3) is 11.0 Å². The van der Waals surface area contributed by atoms with Crippen molar-refractivity contribution in [1.82, 2.24) is 14.5 Å². The molecule has 4 rings (SSSR count). The Kier molecular flexibility index (Phi) is 3.76. The minimum Gasteiger partial charge on any atom is -0.445 e. The van der Waals surface area contributed by atoms with Gasteiger partial charge >= 0.3 is 11.8 Å². The highest BCUT2D eigenvalue weighted by Crippen LogP contribution is 2.35. The Balaban J connectivity index is 1.62. The molecule has 2 saturated heterocycles. The van der Waals surface area contributed by atoms with Crippen LogP contribution in [0.2, 0.25) is 0 Å². The van der Waals surface area contributed by atoms with E-state index in [4.69, 9.17) is 4.74 Å². The average molecular weight is 343 g/mol. The number of imidazole rings is 1. The van der Waals surface area contributed by atoms with Crippen molar-refractivity contribution in [2.24, 2.45) is 0 Å². The van der Waals surface area contributed by atoms with Gasteiger partial charge in [0, 0.05) is 30.5 Å². The third-order valence-electron chi connectivity index (χ3n) is 5.59. The Hall–Kier alpha value is -2.41. The number of aromatic amines is 1. The van der Waals surface area contributed by atoms with Gasteiger partial charge in [0.15, 0.2) is 5.78 Å². The van der Waals surface area contributed by atoms with Crippen molar-refractivity contribution in [3.05, 3.63) is 34.2 Å². The summed E-state index contributed by atoms with van der Waals surface area (Å²) < 4.78 is 6.63. The van der Waals surface area contributed by atoms with Crippen LogP contribution in [-0.4, -0.2) is 51.6 Å². The molecule has 0 saturated carbocycles. The molecule has 7 nitrogen and oxygen atoms in total. The van der Waals surface area contributed by atoms with Gasteiger partial charge in [-0.05, 0) is 45.0 Å². The molecular weight excluding hydrogens is 322 g/mol. The highest BCUT2D eigenvalue weighted by molar-refractivity contribution is 5.98. The number of aromatic nitrogens is 2. The van der Waals surface area contributed by atoms with Crippen LogP contribution < -0.4 is 5.69 Å². The molecule has 132 valence electrons. The molecule has 25 heavy (non-hydrogen) atoms. The highest BCUT2D eigenvalue weighted by Gasteiger charge is 2.40. The van der Waals surface area contributed by atoms with Crippen molar-refractivity contribution in [3.63, 3.8) is 0 Å². The van der Waals surface area contributed by atoms with Crippen molar-refractivity contribution in [2.75, 3.05) is 7.05 Å². The molecule has 0 amide bonds. The van der Waals surface area contributed by atoms with Gasteiger partial charge in [-0.15, -0.1) is 0 Å². The van der Waals surface area contributed by atoms with Gasteiger partial charge in [-0.2, -0.15) is 4.57 Å². The van der Waals surface area contributed by atoms with Crippen molar-refractivity contribution >= 4 is 22.9 Å². The van der Waals surface area contributed by atoms with Crippen LogP contribution in [0.3, 0.4) is 0 Å². The van der Waals surface area contributed by atoms with E-state index in [2.05, 4.69) is 16.9 Å². The number of nitrogens with zero attached hydrogens (tertiary/aromatic N) is 2. The molecule has 1 unspecified atom stereocenters. The van der Waals surface area contributed by atoms with E-state index in [0.717, 1.165) is 30.3 Å². The predicted octanol–water partition coefficient (Wildman–Crippen LogP) is 2.14. The summed E-state index contributed by atoms with van der Waals surface area (Å²) in [5, 5.41) is 0. The number of carbonyl (C=O) groups is 2. The van der Waals surface area contributed by atoms with Gasteiger partial charge in [0.25, 0.3) is 0 Å². The van der Waals surface area contributed by atoms with Crippen LogP contribution in [0.1, 0.15) is 43.0 Å². The predicted molar refractivity (Wildman–Crippen MR) is 92.0 cm³/mol. The number of hydrogen-bond acceptors (Lipinski definition) is 5. The fourth-order valence-corrected chi connectivity index (χ4v) is 4.16. The summed E-state index contributed by atoms with van der Waals surface area (Å²) in [7, 11) is 2.12. The Morgan fingerprint density at radius 3 is 2.52 bits per heavy atom. The lowest BCUT2D eigenvalue weighted by atomic mass is 10.0. The summed E-state index contributed by atoms with van der Waals surface area (Å²) in [6.07, 6.45) is 3.01. The lowest BCUT2D eigenvalue weighted by Crippen LogP contribution is -2.44. The number of ketones is 1. The van der Waals surface area contributed by atoms with E-state index in [1.54, 1.807) is 18.2 Å². The zero-order valence-electron chi connectivity index (χ0n) is 14.3. The van der Waals surface area contributed by atoms with Crippen molar-refractivity contribution in [2.45, 2.75) is 50.8 Å². The van der Waals surface area contributed by atoms with Crippen molar-refractivity contribution in [3.8, 4) is 0 Å². The first-order chi connectivity index (χ1) is 11.9. The minimum absolute atomic E-state index is 0.123. The molecule has 0 spiro atoms. The van der Waals surface area contributed by atoms with E-state index in [0.29, 0.717) is 28.7 Å². The third-order valence-corrected chi connectivity index (χ3v) is 5.59. The molecule has 2 aliphatic heterocycles. The summed E-state index contributed by atoms with van der Waals surface area (Å²) in [5.41, 5.74) is 0.788. The molecule has 7 heteroatoms. The minimum atomic E-state index is -0.675. The number of rotatable bonds is 2. The molecule has 2 aromatic rings. The highest BCUT2D eigenvalue weighted by atomic mass is 16.6. The number of fused-ring (bicyclic) bond motifs is 3. The van der Waals surface area contributed by atoms with Crippen LogP contribution in [0.4, 0.5) is 4.79 Å². The average Bonchev–Trinajstić information content (AvgIpc) is 2.97. The molecule has 2 bridgehead atoms. The molecule has 2 aliphatic rings. The van der Waals surface area contributed by atoms with Crippen molar-refractivity contribution in [1.29, 1.82) is 0 Å². The topological polar surface area (TPSA) is 84.4 Å². The van der Waals surface area contributed by atoms with E-state index in [-0.39, 0.29) is 11.9 Å². The molecule has 1 aromatic heterocycles. The van der Waals surface area contributed by atoms with Gasteiger partial charge in [0.05, 0.1) is 11.0 Å². The smallest absolute Gasteiger partial charge is 0.423 e. The van der Waals surface area contributed by atoms with E-state index in [9.17, 15) is 14.4 Å². The largest absolute Gasteiger partial charge is 0.445 e. The normalized spacial score (nSPS) is 26.1. The van der Waals surface area contributed by atoms with Crippen LogP contribution in [0.5, 0.6) is 0 Å². The Bertz CT molecular complexity index is 899. The van der Waals surface area contributed by atoms with Crippen LogP contribution in [-0.2, 0) is 4.74 Å². The molecular formula is C18H21N3O4. The number of H-pyrrole nitrogens is 1.